The quantitative estimate of drug-likeness (QED) is 0.353. The molecule has 6 heteroatoms. The summed E-state index contributed by atoms with van der Waals surface area (Å²) >= 11 is 2.14. The predicted octanol–water partition coefficient (Wildman–Crippen LogP) is 5.23. The van der Waals surface area contributed by atoms with Gasteiger partial charge in [0.15, 0.2) is 11.5 Å². The van der Waals surface area contributed by atoms with Gasteiger partial charge in [0.05, 0.1) is 10.2 Å². The molecule has 0 fully saturated rings. The van der Waals surface area contributed by atoms with Crippen LogP contribution in [0.25, 0.3) is 0 Å². The van der Waals surface area contributed by atoms with E-state index in [0.29, 0.717) is 36.0 Å². The van der Waals surface area contributed by atoms with Crippen LogP contribution in [0.1, 0.15) is 22.8 Å². The highest BCUT2D eigenvalue weighted by atomic mass is 127. The van der Waals surface area contributed by atoms with Crippen molar-refractivity contribution in [3.8, 4) is 17.2 Å². The van der Waals surface area contributed by atoms with Gasteiger partial charge in [0.1, 0.15) is 12.4 Å². The second-order valence-electron chi connectivity index (χ2n) is 5.99. The van der Waals surface area contributed by atoms with Gasteiger partial charge in [-0.05, 0) is 71.5 Å². The molecule has 28 heavy (non-hydrogen) atoms. The van der Waals surface area contributed by atoms with Crippen molar-refractivity contribution in [3.63, 3.8) is 0 Å². The lowest BCUT2D eigenvalue weighted by Crippen LogP contribution is -2.13. The van der Waals surface area contributed by atoms with Crippen LogP contribution in [-0.4, -0.2) is 17.6 Å². The van der Waals surface area contributed by atoms with Gasteiger partial charge in [0.25, 0.3) is 5.91 Å². The second kappa shape index (κ2) is 9.45. The average Bonchev–Trinajstić information content (AvgIpc) is 2.70. The van der Waals surface area contributed by atoms with Crippen molar-refractivity contribution in [1.82, 2.24) is 0 Å². The SMILES string of the molecule is CCOc1c(I)cc(C(=O)Nc2ccc(O)cc2)cc1OCc1ccccc1. The Hall–Kier alpha value is -2.74. The van der Waals surface area contributed by atoms with Crippen molar-refractivity contribution in [2.24, 2.45) is 0 Å². The van der Waals surface area contributed by atoms with Crippen LogP contribution in [0.15, 0.2) is 66.7 Å². The molecule has 0 saturated carbocycles. The molecule has 5 nitrogen and oxygen atoms in total. The van der Waals surface area contributed by atoms with Gasteiger partial charge >= 0.3 is 0 Å². The molecule has 0 spiro atoms. The van der Waals surface area contributed by atoms with Gasteiger partial charge < -0.3 is 19.9 Å². The van der Waals surface area contributed by atoms with Crippen molar-refractivity contribution >= 4 is 34.2 Å². The molecule has 0 atom stereocenters. The molecule has 0 radical (unpaired) electrons. The predicted molar refractivity (Wildman–Crippen MR) is 117 cm³/mol. The molecule has 3 rings (SSSR count). The van der Waals surface area contributed by atoms with E-state index in [1.54, 1.807) is 24.3 Å². The lowest BCUT2D eigenvalue weighted by molar-refractivity contribution is 0.102. The van der Waals surface area contributed by atoms with Gasteiger partial charge in [-0.3, -0.25) is 4.79 Å². The minimum Gasteiger partial charge on any atom is -0.508 e. The molecule has 0 bridgehead atoms. The van der Waals surface area contributed by atoms with E-state index in [9.17, 15) is 9.90 Å². The zero-order valence-corrected chi connectivity index (χ0v) is 17.5. The zero-order valence-electron chi connectivity index (χ0n) is 15.3. The fourth-order valence-electron chi connectivity index (χ4n) is 2.57. The molecule has 0 unspecified atom stereocenters. The van der Waals surface area contributed by atoms with E-state index >= 15 is 0 Å². The van der Waals surface area contributed by atoms with Crippen molar-refractivity contribution in [1.29, 1.82) is 0 Å². The van der Waals surface area contributed by atoms with Crippen LogP contribution in [0.4, 0.5) is 5.69 Å². The Balaban J connectivity index is 1.83. The van der Waals surface area contributed by atoms with Gasteiger partial charge in [-0.2, -0.15) is 0 Å². The number of phenols is 1. The lowest BCUT2D eigenvalue weighted by atomic mass is 10.1. The average molecular weight is 489 g/mol. The van der Waals surface area contributed by atoms with Crippen LogP contribution < -0.4 is 14.8 Å². The monoisotopic (exact) mass is 489 g/mol. The summed E-state index contributed by atoms with van der Waals surface area (Å²) in [7, 11) is 0. The maximum absolute atomic E-state index is 12.7. The molecule has 0 saturated heterocycles. The van der Waals surface area contributed by atoms with Gasteiger partial charge in [0, 0.05) is 11.3 Å². The topological polar surface area (TPSA) is 67.8 Å². The summed E-state index contributed by atoms with van der Waals surface area (Å²) in [6.45, 7) is 2.78. The number of hydrogen-bond donors (Lipinski definition) is 2. The number of phenolic OH excluding ortho intramolecular Hbond substituents is 1. The molecule has 0 heterocycles. The molecule has 3 aromatic rings. The van der Waals surface area contributed by atoms with Crippen molar-refractivity contribution in [2.75, 3.05) is 11.9 Å². The van der Waals surface area contributed by atoms with E-state index in [4.69, 9.17) is 9.47 Å². The Labute approximate surface area is 177 Å². The van der Waals surface area contributed by atoms with Crippen molar-refractivity contribution in [2.45, 2.75) is 13.5 Å². The number of carbonyl (C=O) groups excluding carboxylic acids is 1. The van der Waals surface area contributed by atoms with Crippen molar-refractivity contribution in [3.05, 3.63) is 81.4 Å². The summed E-state index contributed by atoms with van der Waals surface area (Å²) in [5.41, 5.74) is 2.08. The highest BCUT2D eigenvalue weighted by molar-refractivity contribution is 14.1. The van der Waals surface area contributed by atoms with Crippen LogP contribution >= 0.6 is 22.6 Å². The molecule has 3 aromatic carbocycles. The number of anilines is 1. The number of ether oxygens (including phenoxy) is 2. The number of halogens is 1. The summed E-state index contributed by atoms with van der Waals surface area (Å²) in [6, 6.07) is 19.6. The van der Waals surface area contributed by atoms with E-state index < -0.39 is 0 Å². The van der Waals surface area contributed by atoms with Gasteiger partial charge in [-0.1, -0.05) is 30.3 Å². The molecule has 144 valence electrons. The van der Waals surface area contributed by atoms with E-state index in [1.165, 1.54) is 12.1 Å². The first-order chi connectivity index (χ1) is 13.6. The Morgan fingerprint density at radius 1 is 1.04 bits per heavy atom. The molecule has 0 aliphatic heterocycles. The second-order valence-corrected chi connectivity index (χ2v) is 7.16. The fourth-order valence-corrected chi connectivity index (χ4v) is 3.33. The van der Waals surface area contributed by atoms with Crippen LogP contribution in [0.5, 0.6) is 17.2 Å². The molecular weight excluding hydrogens is 469 g/mol. The smallest absolute Gasteiger partial charge is 0.255 e. The van der Waals surface area contributed by atoms with Crippen LogP contribution in [0.2, 0.25) is 0 Å². The van der Waals surface area contributed by atoms with E-state index in [-0.39, 0.29) is 11.7 Å². The summed E-state index contributed by atoms with van der Waals surface area (Å²) < 4.78 is 12.5. The van der Waals surface area contributed by atoms with Gasteiger partial charge in [-0.25, -0.2) is 0 Å². The Bertz CT molecular complexity index is 943. The first kappa shape index (κ1) is 20.0. The Morgan fingerprint density at radius 3 is 2.43 bits per heavy atom. The first-order valence-electron chi connectivity index (χ1n) is 8.80. The fraction of sp³-hybridized carbons (Fsp3) is 0.136. The highest BCUT2D eigenvalue weighted by Crippen LogP contribution is 2.35. The largest absolute Gasteiger partial charge is 0.508 e. The third-order valence-corrected chi connectivity index (χ3v) is 4.72. The molecule has 2 N–H and O–H groups in total. The molecule has 0 aromatic heterocycles. The van der Waals surface area contributed by atoms with E-state index in [0.717, 1.165) is 9.13 Å². The molecule has 1 amide bonds. The third-order valence-electron chi connectivity index (χ3n) is 3.92. The maximum Gasteiger partial charge on any atom is 0.255 e. The van der Waals surface area contributed by atoms with Crippen LogP contribution in [0.3, 0.4) is 0 Å². The lowest BCUT2D eigenvalue weighted by Gasteiger charge is -2.15. The number of amides is 1. The van der Waals surface area contributed by atoms with E-state index in [1.807, 2.05) is 37.3 Å². The minimum atomic E-state index is -0.267. The van der Waals surface area contributed by atoms with Crippen LogP contribution in [-0.2, 0) is 6.61 Å². The van der Waals surface area contributed by atoms with Gasteiger partial charge in [0.2, 0.25) is 0 Å². The Kier molecular flexibility index (Phi) is 6.76. The summed E-state index contributed by atoms with van der Waals surface area (Å²) in [6.07, 6.45) is 0. The highest BCUT2D eigenvalue weighted by Gasteiger charge is 2.16. The Morgan fingerprint density at radius 2 is 1.75 bits per heavy atom. The summed E-state index contributed by atoms with van der Waals surface area (Å²) in [5, 5.41) is 12.2. The third kappa shape index (κ3) is 5.16. The molecular formula is C22H20INO4. The number of carbonyl (C=O) groups is 1. The normalized spacial score (nSPS) is 10.4. The zero-order chi connectivity index (χ0) is 19.9. The minimum absolute atomic E-state index is 0.144. The number of benzene rings is 3. The number of hydrogen-bond acceptors (Lipinski definition) is 4. The first-order valence-corrected chi connectivity index (χ1v) is 9.88. The number of rotatable bonds is 7. The van der Waals surface area contributed by atoms with E-state index in [2.05, 4.69) is 27.9 Å². The standard InChI is InChI=1S/C22H20INO4/c1-2-27-21-19(23)12-16(22(26)24-17-8-10-18(25)11-9-17)13-20(21)28-14-15-6-4-3-5-7-15/h3-13,25H,2,14H2,1H3,(H,24,26). The molecule has 0 aliphatic carbocycles. The number of nitrogens with one attached hydrogen (secondary N) is 1. The molecule has 0 aliphatic rings. The number of aromatic hydroxyl groups is 1. The summed E-state index contributed by atoms with van der Waals surface area (Å²) in [5.74, 6) is 1.02. The van der Waals surface area contributed by atoms with Gasteiger partial charge in [-0.15, -0.1) is 0 Å². The summed E-state index contributed by atoms with van der Waals surface area (Å²) in [4.78, 5) is 12.7. The van der Waals surface area contributed by atoms with Crippen LogP contribution in [0, 0.1) is 3.57 Å². The maximum atomic E-state index is 12.7. The van der Waals surface area contributed by atoms with Crippen molar-refractivity contribution < 1.29 is 19.4 Å².